The van der Waals surface area contributed by atoms with E-state index in [2.05, 4.69) is 5.32 Å². The molecule has 0 unspecified atom stereocenters. The van der Waals surface area contributed by atoms with Crippen LogP contribution in [-0.2, 0) is 9.78 Å². The van der Waals surface area contributed by atoms with Gasteiger partial charge in [0.2, 0.25) is 0 Å². The van der Waals surface area contributed by atoms with Crippen molar-refractivity contribution in [3.8, 4) is 0 Å². The molecule has 2 spiro atoms. The van der Waals surface area contributed by atoms with Crippen LogP contribution in [0, 0.1) is 5.41 Å². The molecule has 3 rings (SSSR count). The number of fused-ring (bicyclic) bond motifs is 1. The molecule has 2 heterocycles. The minimum atomic E-state index is -0.191. The van der Waals surface area contributed by atoms with Crippen molar-refractivity contribution in [2.24, 2.45) is 5.41 Å². The summed E-state index contributed by atoms with van der Waals surface area (Å²) < 4.78 is 0. The van der Waals surface area contributed by atoms with Gasteiger partial charge in [-0.2, -0.15) is 9.78 Å². The Morgan fingerprint density at radius 2 is 1.73 bits per heavy atom. The SMILES string of the molecule is C1CCC2(C1)CNCC21OO1. The fourth-order valence-corrected chi connectivity index (χ4v) is 2.68. The summed E-state index contributed by atoms with van der Waals surface area (Å²) in [6.07, 6.45) is 5.24. The molecular formula is C8H13NO2. The zero-order valence-corrected chi connectivity index (χ0v) is 6.56. The average Bonchev–Trinajstić information content (AvgIpc) is 2.55. The Labute approximate surface area is 66.0 Å². The van der Waals surface area contributed by atoms with Gasteiger partial charge >= 0.3 is 0 Å². The summed E-state index contributed by atoms with van der Waals surface area (Å²) in [5, 5.41) is 3.36. The van der Waals surface area contributed by atoms with Gasteiger partial charge in [0.1, 0.15) is 0 Å². The molecule has 0 atom stereocenters. The Hall–Kier alpha value is -0.120. The minimum Gasteiger partial charge on any atom is -0.311 e. The van der Waals surface area contributed by atoms with E-state index in [4.69, 9.17) is 9.78 Å². The fraction of sp³-hybridized carbons (Fsp3) is 1.00. The second kappa shape index (κ2) is 1.79. The molecule has 0 aromatic heterocycles. The second-order valence-corrected chi connectivity index (χ2v) is 4.01. The molecule has 11 heavy (non-hydrogen) atoms. The van der Waals surface area contributed by atoms with Crippen LogP contribution >= 0.6 is 0 Å². The third-order valence-corrected chi connectivity index (χ3v) is 3.47. The normalized spacial score (nSPS) is 37.1. The highest BCUT2D eigenvalue weighted by atomic mass is 17.4. The number of hydrogen-bond donors (Lipinski definition) is 1. The summed E-state index contributed by atoms with van der Waals surface area (Å²) in [4.78, 5) is 10.3. The van der Waals surface area contributed by atoms with E-state index >= 15 is 0 Å². The number of hydrogen-bond acceptors (Lipinski definition) is 3. The van der Waals surface area contributed by atoms with Gasteiger partial charge in [0.05, 0.1) is 6.54 Å². The predicted molar refractivity (Wildman–Crippen MR) is 38.7 cm³/mol. The molecule has 0 radical (unpaired) electrons. The van der Waals surface area contributed by atoms with Crippen molar-refractivity contribution in [2.45, 2.75) is 31.5 Å². The lowest BCUT2D eigenvalue weighted by atomic mass is 9.81. The third kappa shape index (κ3) is 0.643. The quantitative estimate of drug-likeness (QED) is 0.415. The molecule has 0 bridgehead atoms. The maximum atomic E-state index is 5.13. The zero-order valence-electron chi connectivity index (χ0n) is 6.56. The van der Waals surface area contributed by atoms with Crippen molar-refractivity contribution >= 4 is 0 Å². The lowest BCUT2D eigenvalue weighted by molar-refractivity contribution is 0.0850. The van der Waals surface area contributed by atoms with Gasteiger partial charge in [0.25, 0.3) is 5.79 Å². The Bertz CT molecular complexity index is 177. The van der Waals surface area contributed by atoms with Crippen LogP contribution in [-0.4, -0.2) is 18.9 Å². The van der Waals surface area contributed by atoms with Crippen molar-refractivity contribution < 1.29 is 9.78 Å². The van der Waals surface area contributed by atoms with E-state index in [1.54, 1.807) is 0 Å². The maximum Gasteiger partial charge on any atom is 0.253 e. The molecule has 0 aromatic carbocycles. The highest BCUT2D eigenvalue weighted by Crippen LogP contribution is 2.57. The highest BCUT2D eigenvalue weighted by molar-refractivity contribution is 5.07. The van der Waals surface area contributed by atoms with Crippen molar-refractivity contribution in [1.82, 2.24) is 5.32 Å². The summed E-state index contributed by atoms with van der Waals surface area (Å²) in [6.45, 7) is 1.99. The first kappa shape index (κ1) is 6.40. The van der Waals surface area contributed by atoms with Crippen LogP contribution in [0.4, 0.5) is 0 Å². The summed E-state index contributed by atoms with van der Waals surface area (Å²) >= 11 is 0. The molecule has 62 valence electrons. The van der Waals surface area contributed by atoms with Crippen LogP contribution in [0.25, 0.3) is 0 Å². The average molecular weight is 155 g/mol. The van der Waals surface area contributed by atoms with E-state index < -0.39 is 0 Å². The zero-order chi connectivity index (χ0) is 7.36. The Balaban J connectivity index is 1.94. The van der Waals surface area contributed by atoms with Crippen LogP contribution in [0.5, 0.6) is 0 Å². The first-order valence-corrected chi connectivity index (χ1v) is 4.45. The van der Waals surface area contributed by atoms with E-state index in [1.165, 1.54) is 25.7 Å². The van der Waals surface area contributed by atoms with Crippen molar-refractivity contribution in [2.75, 3.05) is 13.1 Å². The Morgan fingerprint density at radius 3 is 2.36 bits per heavy atom. The third-order valence-electron chi connectivity index (χ3n) is 3.47. The molecule has 3 nitrogen and oxygen atoms in total. The van der Waals surface area contributed by atoms with E-state index in [-0.39, 0.29) is 5.79 Å². The monoisotopic (exact) mass is 155 g/mol. The van der Waals surface area contributed by atoms with E-state index in [1.807, 2.05) is 0 Å². The lowest BCUT2D eigenvalue weighted by Crippen LogP contribution is -2.33. The van der Waals surface area contributed by atoms with Gasteiger partial charge in [-0.1, -0.05) is 12.8 Å². The van der Waals surface area contributed by atoms with Gasteiger partial charge in [-0.15, -0.1) is 0 Å². The summed E-state index contributed by atoms with van der Waals surface area (Å²) in [7, 11) is 0. The second-order valence-electron chi connectivity index (χ2n) is 4.01. The highest BCUT2D eigenvalue weighted by Gasteiger charge is 2.68. The van der Waals surface area contributed by atoms with Gasteiger partial charge in [-0.3, -0.25) is 0 Å². The molecule has 1 aliphatic carbocycles. The minimum absolute atomic E-state index is 0.191. The standard InChI is InChI=1S/C8H13NO2/c1-2-4-7(3-1)5-9-6-8(7)10-11-8/h9H,1-6H2. The summed E-state index contributed by atoms with van der Waals surface area (Å²) in [6, 6.07) is 0. The first-order chi connectivity index (χ1) is 5.37. The number of rotatable bonds is 0. The van der Waals surface area contributed by atoms with Crippen LogP contribution < -0.4 is 5.32 Å². The molecule has 0 amide bonds. The van der Waals surface area contributed by atoms with Gasteiger partial charge in [0, 0.05) is 12.0 Å². The van der Waals surface area contributed by atoms with Gasteiger partial charge < -0.3 is 5.32 Å². The fourth-order valence-electron chi connectivity index (χ4n) is 2.68. The molecule has 1 N–H and O–H groups in total. The molecule has 2 saturated heterocycles. The van der Waals surface area contributed by atoms with Gasteiger partial charge in [-0.05, 0) is 12.8 Å². The van der Waals surface area contributed by atoms with Crippen molar-refractivity contribution in [3.63, 3.8) is 0 Å². The molecule has 2 aliphatic heterocycles. The van der Waals surface area contributed by atoms with Crippen LogP contribution in [0.2, 0.25) is 0 Å². The molecule has 3 aliphatic rings. The van der Waals surface area contributed by atoms with Gasteiger partial charge in [-0.25, -0.2) is 0 Å². The van der Waals surface area contributed by atoms with Crippen LogP contribution in [0.15, 0.2) is 0 Å². The van der Waals surface area contributed by atoms with Crippen molar-refractivity contribution in [3.05, 3.63) is 0 Å². The molecular weight excluding hydrogens is 142 g/mol. The molecule has 3 heteroatoms. The Kier molecular flexibility index (Phi) is 1.04. The van der Waals surface area contributed by atoms with Crippen LogP contribution in [0.1, 0.15) is 25.7 Å². The van der Waals surface area contributed by atoms with E-state index in [0.29, 0.717) is 5.41 Å². The van der Waals surface area contributed by atoms with Crippen molar-refractivity contribution in [1.29, 1.82) is 0 Å². The molecule has 1 saturated carbocycles. The largest absolute Gasteiger partial charge is 0.311 e. The summed E-state index contributed by atoms with van der Waals surface area (Å²) in [5.41, 5.74) is 0.340. The summed E-state index contributed by atoms with van der Waals surface area (Å²) in [5.74, 6) is -0.191. The van der Waals surface area contributed by atoms with Gasteiger partial charge in [0.15, 0.2) is 0 Å². The van der Waals surface area contributed by atoms with E-state index in [9.17, 15) is 0 Å². The number of nitrogens with one attached hydrogen (secondary N) is 1. The van der Waals surface area contributed by atoms with E-state index in [0.717, 1.165) is 13.1 Å². The smallest absolute Gasteiger partial charge is 0.253 e. The Morgan fingerprint density at radius 1 is 1.00 bits per heavy atom. The molecule has 0 aromatic rings. The molecule has 3 fully saturated rings. The topological polar surface area (TPSA) is 37.1 Å². The lowest BCUT2D eigenvalue weighted by Gasteiger charge is -2.22. The van der Waals surface area contributed by atoms with Crippen LogP contribution in [0.3, 0.4) is 0 Å². The first-order valence-electron chi connectivity index (χ1n) is 4.45. The predicted octanol–water partition coefficient (Wildman–Crippen LogP) is 0.808. The maximum absolute atomic E-state index is 5.13.